The summed E-state index contributed by atoms with van der Waals surface area (Å²) in [6.07, 6.45) is -0.998. The van der Waals surface area contributed by atoms with Crippen molar-refractivity contribution < 1.29 is 14.8 Å². The highest BCUT2D eigenvalue weighted by atomic mass is 16.6. The zero-order valence-electron chi connectivity index (χ0n) is 12.8. The number of carbonyl (C=O) groups is 1. The molecule has 1 N–H and O–H groups in total. The minimum Gasteiger partial charge on any atom is -0.372 e. The van der Waals surface area contributed by atoms with Gasteiger partial charge in [-0.3, -0.25) is 19.8 Å². The van der Waals surface area contributed by atoms with Gasteiger partial charge in [0, 0.05) is 23.1 Å². The molecule has 23 heavy (non-hydrogen) atoms. The third-order valence-corrected chi connectivity index (χ3v) is 4.29. The molecule has 1 heterocycles. The van der Waals surface area contributed by atoms with E-state index in [1.54, 1.807) is 6.07 Å². The van der Waals surface area contributed by atoms with Crippen LogP contribution in [0, 0.1) is 10.1 Å². The molecular formula is C17H16N2O4. The number of carbonyl (C=O) groups excluding carboxylic acids is 1. The van der Waals surface area contributed by atoms with Gasteiger partial charge in [0.1, 0.15) is 6.23 Å². The predicted octanol–water partition coefficient (Wildman–Crippen LogP) is 2.85. The third-order valence-electron chi connectivity index (χ3n) is 4.29. The van der Waals surface area contributed by atoms with Crippen molar-refractivity contribution in [2.24, 2.45) is 0 Å². The SMILES string of the molecule is CC1(C)c2ccccc2N(C(=O)c2ccc([N+](=O)[O-])cc2)C1O. The number of amides is 1. The van der Waals surface area contributed by atoms with Gasteiger partial charge >= 0.3 is 0 Å². The second-order valence-electron chi connectivity index (χ2n) is 6.09. The van der Waals surface area contributed by atoms with Crippen molar-refractivity contribution in [3.05, 3.63) is 69.8 Å². The monoisotopic (exact) mass is 312 g/mol. The van der Waals surface area contributed by atoms with Crippen LogP contribution in [0.1, 0.15) is 29.8 Å². The molecule has 0 saturated heterocycles. The normalized spacial score (nSPS) is 18.6. The highest BCUT2D eigenvalue weighted by Gasteiger charge is 2.46. The summed E-state index contributed by atoms with van der Waals surface area (Å²) in [6, 6.07) is 12.7. The van der Waals surface area contributed by atoms with Crippen molar-refractivity contribution in [3.8, 4) is 0 Å². The molecule has 6 heteroatoms. The Morgan fingerprint density at radius 1 is 1.17 bits per heavy atom. The summed E-state index contributed by atoms with van der Waals surface area (Å²) >= 11 is 0. The lowest BCUT2D eigenvalue weighted by atomic mass is 9.85. The number of non-ortho nitro benzene ring substituents is 1. The number of benzene rings is 2. The predicted molar refractivity (Wildman–Crippen MR) is 85.4 cm³/mol. The van der Waals surface area contributed by atoms with Crippen LogP contribution < -0.4 is 4.90 Å². The van der Waals surface area contributed by atoms with E-state index >= 15 is 0 Å². The van der Waals surface area contributed by atoms with Gasteiger partial charge in [-0.1, -0.05) is 32.0 Å². The fraction of sp³-hybridized carbons (Fsp3) is 0.235. The van der Waals surface area contributed by atoms with Crippen LogP contribution in [-0.2, 0) is 5.41 Å². The van der Waals surface area contributed by atoms with Crippen molar-refractivity contribution in [1.82, 2.24) is 0 Å². The van der Waals surface area contributed by atoms with E-state index in [2.05, 4.69) is 0 Å². The van der Waals surface area contributed by atoms with E-state index in [1.807, 2.05) is 32.0 Å². The number of fused-ring (bicyclic) bond motifs is 1. The van der Waals surface area contributed by atoms with E-state index in [0.717, 1.165) is 5.56 Å². The number of aliphatic hydroxyl groups excluding tert-OH is 1. The summed E-state index contributed by atoms with van der Waals surface area (Å²) in [6.45, 7) is 3.75. The summed E-state index contributed by atoms with van der Waals surface area (Å²) in [5.41, 5.74) is 1.18. The molecule has 2 aromatic carbocycles. The van der Waals surface area contributed by atoms with Crippen molar-refractivity contribution in [2.75, 3.05) is 4.90 Å². The molecule has 6 nitrogen and oxygen atoms in total. The first-order chi connectivity index (χ1) is 10.8. The van der Waals surface area contributed by atoms with Crippen molar-refractivity contribution >= 4 is 17.3 Å². The van der Waals surface area contributed by atoms with Gasteiger partial charge < -0.3 is 5.11 Å². The number of aliphatic hydroxyl groups is 1. The molecule has 1 unspecified atom stereocenters. The Morgan fingerprint density at radius 3 is 2.39 bits per heavy atom. The van der Waals surface area contributed by atoms with Crippen LogP contribution in [0.15, 0.2) is 48.5 Å². The zero-order valence-corrected chi connectivity index (χ0v) is 12.8. The highest BCUT2D eigenvalue weighted by molar-refractivity contribution is 6.08. The quantitative estimate of drug-likeness (QED) is 0.682. The molecule has 0 saturated carbocycles. The summed E-state index contributed by atoms with van der Waals surface area (Å²) in [4.78, 5) is 24.3. The summed E-state index contributed by atoms with van der Waals surface area (Å²) in [5.74, 6) is -0.384. The van der Waals surface area contributed by atoms with Crippen LogP contribution in [0.3, 0.4) is 0 Å². The Morgan fingerprint density at radius 2 is 1.78 bits per heavy atom. The molecule has 1 amide bonds. The van der Waals surface area contributed by atoms with Crippen LogP contribution in [0.4, 0.5) is 11.4 Å². The smallest absolute Gasteiger partial charge is 0.269 e. The summed E-state index contributed by atoms with van der Waals surface area (Å²) in [5, 5.41) is 21.3. The number of nitro benzene ring substituents is 1. The first-order valence-electron chi connectivity index (χ1n) is 7.19. The number of nitro groups is 1. The maximum Gasteiger partial charge on any atom is 0.269 e. The number of hydrogen-bond donors (Lipinski definition) is 1. The molecular weight excluding hydrogens is 296 g/mol. The lowest BCUT2D eigenvalue weighted by molar-refractivity contribution is -0.384. The minimum absolute atomic E-state index is 0.0794. The topological polar surface area (TPSA) is 83.7 Å². The van der Waals surface area contributed by atoms with Gasteiger partial charge in [0.05, 0.1) is 10.6 Å². The fourth-order valence-electron chi connectivity index (χ4n) is 2.91. The van der Waals surface area contributed by atoms with Crippen LogP contribution >= 0.6 is 0 Å². The Labute approximate surface area is 133 Å². The van der Waals surface area contributed by atoms with Gasteiger partial charge in [-0.2, -0.15) is 0 Å². The van der Waals surface area contributed by atoms with E-state index < -0.39 is 16.6 Å². The number of anilines is 1. The van der Waals surface area contributed by atoms with Gasteiger partial charge in [-0.25, -0.2) is 0 Å². The fourth-order valence-corrected chi connectivity index (χ4v) is 2.91. The van der Waals surface area contributed by atoms with Crippen molar-refractivity contribution in [3.63, 3.8) is 0 Å². The molecule has 0 spiro atoms. The Bertz CT molecular complexity index is 783. The van der Waals surface area contributed by atoms with Crippen LogP contribution in [0.2, 0.25) is 0 Å². The summed E-state index contributed by atoms with van der Waals surface area (Å²) in [7, 11) is 0. The van der Waals surface area contributed by atoms with Crippen molar-refractivity contribution in [2.45, 2.75) is 25.5 Å². The lowest BCUT2D eigenvalue weighted by Crippen LogP contribution is -2.44. The van der Waals surface area contributed by atoms with Crippen LogP contribution in [-0.4, -0.2) is 22.2 Å². The minimum atomic E-state index is -0.998. The van der Waals surface area contributed by atoms with E-state index in [-0.39, 0.29) is 11.6 Å². The van der Waals surface area contributed by atoms with Gasteiger partial charge in [-0.15, -0.1) is 0 Å². The standard InChI is InChI=1S/C17H16N2O4/c1-17(2)13-5-3-4-6-14(13)18(16(17)21)15(20)11-7-9-12(10-8-11)19(22)23/h3-10,16,21H,1-2H3. The molecule has 0 radical (unpaired) electrons. The van der Waals surface area contributed by atoms with E-state index in [1.165, 1.54) is 29.2 Å². The molecule has 0 bridgehead atoms. The van der Waals surface area contributed by atoms with Gasteiger partial charge in [0.2, 0.25) is 0 Å². The van der Waals surface area contributed by atoms with Crippen molar-refractivity contribution in [1.29, 1.82) is 0 Å². The Kier molecular flexibility index (Phi) is 3.41. The Hall–Kier alpha value is -2.73. The molecule has 0 aliphatic carbocycles. The van der Waals surface area contributed by atoms with E-state index in [4.69, 9.17) is 0 Å². The third kappa shape index (κ3) is 2.27. The molecule has 2 aromatic rings. The molecule has 1 aliphatic rings. The summed E-state index contributed by atoms with van der Waals surface area (Å²) < 4.78 is 0. The first-order valence-corrected chi connectivity index (χ1v) is 7.19. The molecule has 0 fully saturated rings. The molecule has 1 aliphatic heterocycles. The van der Waals surface area contributed by atoms with E-state index in [9.17, 15) is 20.0 Å². The maximum atomic E-state index is 12.8. The van der Waals surface area contributed by atoms with E-state index in [0.29, 0.717) is 11.3 Å². The average molecular weight is 312 g/mol. The second kappa shape index (κ2) is 5.17. The Balaban J connectivity index is 2.01. The van der Waals surface area contributed by atoms with Crippen LogP contribution in [0.25, 0.3) is 0 Å². The first kappa shape index (κ1) is 15.2. The molecule has 1 atom stereocenters. The molecule has 0 aromatic heterocycles. The maximum absolute atomic E-state index is 12.8. The number of nitrogens with zero attached hydrogens (tertiary/aromatic N) is 2. The zero-order chi connectivity index (χ0) is 16.8. The average Bonchev–Trinajstić information content (AvgIpc) is 2.74. The van der Waals surface area contributed by atoms with Crippen LogP contribution in [0.5, 0.6) is 0 Å². The number of hydrogen-bond acceptors (Lipinski definition) is 4. The lowest BCUT2D eigenvalue weighted by Gasteiger charge is -2.28. The number of para-hydroxylation sites is 1. The second-order valence-corrected chi connectivity index (χ2v) is 6.09. The number of rotatable bonds is 2. The largest absolute Gasteiger partial charge is 0.372 e. The molecule has 3 rings (SSSR count). The van der Waals surface area contributed by atoms with Gasteiger partial charge in [0.15, 0.2) is 0 Å². The highest BCUT2D eigenvalue weighted by Crippen LogP contribution is 2.44. The van der Waals surface area contributed by atoms with Gasteiger partial charge in [-0.05, 0) is 23.8 Å². The molecule has 118 valence electrons. The van der Waals surface area contributed by atoms with Gasteiger partial charge in [0.25, 0.3) is 11.6 Å².